The van der Waals surface area contributed by atoms with Crippen molar-refractivity contribution in [3.8, 4) is 0 Å². The number of halogens is 2. The Morgan fingerprint density at radius 3 is 2.71 bits per heavy atom. The molecule has 0 aliphatic carbocycles. The van der Waals surface area contributed by atoms with Crippen molar-refractivity contribution in [2.75, 3.05) is 11.1 Å². The van der Waals surface area contributed by atoms with E-state index in [4.69, 9.17) is 5.73 Å². The van der Waals surface area contributed by atoms with Crippen molar-refractivity contribution in [3.05, 3.63) is 59.8 Å². The molecular formula is C16H13F2N3. The molecular weight excluding hydrogens is 272 g/mol. The lowest BCUT2D eigenvalue weighted by molar-refractivity contribution is 0.626. The SMILES string of the molecule is Cc1cc(F)cc(Nc2c(F)cc(N)c3cccnc23)c1. The first-order valence-electron chi connectivity index (χ1n) is 6.41. The fourth-order valence-electron chi connectivity index (χ4n) is 2.31. The summed E-state index contributed by atoms with van der Waals surface area (Å²) in [6.45, 7) is 1.77. The van der Waals surface area contributed by atoms with Crippen LogP contribution in [0.4, 0.5) is 25.8 Å². The monoisotopic (exact) mass is 285 g/mol. The average molecular weight is 285 g/mol. The van der Waals surface area contributed by atoms with Crippen LogP contribution in [0.25, 0.3) is 10.9 Å². The summed E-state index contributed by atoms with van der Waals surface area (Å²) in [6, 6.07) is 9.16. The minimum Gasteiger partial charge on any atom is -0.398 e. The van der Waals surface area contributed by atoms with Gasteiger partial charge in [0.25, 0.3) is 0 Å². The summed E-state index contributed by atoms with van der Waals surface area (Å²) in [6.07, 6.45) is 1.56. The summed E-state index contributed by atoms with van der Waals surface area (Å²) in [5, 5.41) is 3.54. The smallest absolute Gasteiger partial charge is 0.150 e. The highest BCUT2D eigenvalue weighted by molar-refractivity contribution is 5.99. The van der Waals surface area contributed by atoms with E-state index in [2.05, 4.69) is 10.3 Å². The predicted octanol–water partition coefficient (Wildman–Crippen LogP) is 4.15. The molecule has 0 amide bonds. The lowest BCUT2D eigenvalue weighted by Gasteiger charge is -2.12. The van der Waals surface area contributed by atoms with Gasteiger partial charge in [0.05, 0.1) is 5.52 Å². The van der Waals surface area contributed by atoms with Gasteiger partial charge in [-0.3, -0.25) is 4.98 Å². The van der Waals surface area contributed by atoms with Crippen molar-refractivity contribution < 1.29 is 8.78 Å². The van der Waals surface area contributed by atoms with Gasteiger partial charge in [-0.25, -0.2) is 8.78 Å². The van der Waals surface area contributed by atoms with E-state index in [9.17, 15) is 8.78 Å². The van der Waals surface area contributed by atoms with E-state index in [-0.39, 0.29) is 11.5 Å². The van der Waals surface area contributed by atoms with Crippen LogP contribution in [0.15, 0.2) is 42.6 Å². The molecule has 21 heavy (non-hydrogen) atoms. The molecule has 0 unspecified atom stereocenters. The second-order valence-electron chi connectivity index (χ2n) is 4.86. The molecule has 0 atom stereocenters. The Labute approximate surface area is 120 Å². The van der Waals surface area contributed by atoms with E-state index < -0.39 is 5.82 Å². The number of nitrogens with one attached hydrogen (secondary N) is 1. The summed E-state index contributed by atoms with van der Waals surface area (Å²) in [7, 11) is 0. The van der Waals surface area contributed by atoms with Crippen LogP contribution >= 0.6 is 0 Å². The van der Waals surface area contributed by atoms with E-state index in [0.717, 1.165) is 5.56 Å². The Morgan fingerprint density at radius 1 is 1.14 bits per heavy atom. The van der Waals surface area contributed by atoms with Gasteiger partial charge in [0.1, 0.15) is 11.5 Å². The second kappa shape index (κ2) is 5.01. The normalized spacial score (nSPS) is 10.8. The number of hydrogen-bond acceptors (Lipinski definition) is 3. The molecule has 3 aromatic rings. The molecule has 0 spiro atoms. The van der Waals surface area contributed by atoms with Crippen molar-refractivity contribution in [2.24, 2.45) is 0 Å². The number of nitrogen functional groups attached to an aromatic ring is 1. The molecule has 0 aliphatic rings. The average Bonchev–Trinajstić information content (AvgIpc) is 2.42. The van der Waals surface area contributed by atoms with Crippen LogP contribution in [0.5, 0.6) is 0 Å². The molecule has 0 aliphatic heterocycles. The van der Waals surface area contributed by atoms with Gasteiger partial charge < -0.3 is 11.1 Å². The quantitative estimate of drug-likeness (QED) is 0.695. The third-order valence-corrected chi connectivity index (χ3v) is 3.19. The van der Waals surface area contributed by atoms with Crippen molar-refractivity contribution >= 4 is 28.0 Å². The Balaban J connectivity index is 2.16. The van der Waals surface area contributed by atoms with E-state index in [1.54, 1.807) is 31.3 Å². The fraction of sp³-hybridized carbons (Fsp3) is 0.0625. The summed E-state index contributed by atoms with van der Waals surface area (Å²) >= 11 is 0. The first kappa shape index (κ1) is 13.3. The van der Waals surface area contributed by atoms with Crippen molar-refractivity contribution in [2.45, 2.75) is 6.92 Å². The van der Waals surface area contributed by atoms with Crippen LogP contribution in [0.3, 0.4) is 0 Å². The van der Waals surface area contributed by atoms with E-state index in [1.165, 1.54) is 18.2 Å². The first-order chi connectivity index (χ1) is 10.0. The van der Waals surface area contributed by atoms with Crippen LogP contribution in [-0.2, 0) is 0 Å². The summed E-state index contributed by atoms with van der Waals surface area (Å²) < 4.78 is 27.6. The van der Waals surface area contributed by atoms with Gasteiger partial charge in [0, 0.05) is 23.0 Å². The van der Waals surface area contributed by atoms with Gasteiger partial charge in [-0.15, -0.1) is 0 Å². The van der Waals surface area contributed by atoms with Gasteiger partial charge in [-0.2, -0.15) is 0 Å². The zero-order valence-corrected chi connectivity index (χ0v) is 11.3. The Morgan fingerprint density at radius 2 is 1.95 bits per heavy atom. The molecule has 1 aromatic heterocycles. The lowest BCUT2D eigenvalue weighted by atomic mass is 10.1. The molecule has 3 rings (SSSR count). The molecule has 5 heteroatoms. The molecule has 0 radical (unpaired) electrons. The van der Waals surface area contributed by atoms with Crippen LogP contribution in [0.2, 0.25) is 0 Å². The Hall–Kier alpha value is -2.69. The number of benzene rings is 2. The minimum absolute atomic E-state index is 0.185. The summed E-state index contributed by atoms with van der Waals surface area (Å²) in [5.41, 5.74) is 7.92. The topological polar surface area (TPSA) is 50.9 Å². The van der Waals surface area contributed by atoms with Crippen molar-refractivity contribution in [1.82, 2.24) is 4.98 Å². The molecule has 106 valence electrons. The van der Waals surface area contributed by atoms with Crippen LogP contribution in [0, 0.1) is 18.6 Å². The molecule has 0 bridgehead atoms. The van der Waals surface area contributed by atoms with Crippen molar-refractivity contribution in [1.29, 1.82) is 0 Å². The number of nitrogens with two attached hydrogens (primary N) is 1. The molecule has 0 saturated heterocycles. The fourth-order valence-corrected chi connectivity index (χ4v) is 2.31. The second-order valence-corrected chi connectivity index (χ2v) is 4.86. The van der Waals surface area contributed by atoms with Gasteiger partial charge >= 0.3 is 0 Å². The highest BCUT2D eigenvalue weighted by atomic mass is 19.1. The minimum atomic E-state index is -0.527. The maximum atomic E-state index is 14.2. The molecule has 0 fully saturated rings. The Bertz CT molecular complexity index is 811. The van der Waals surface area contributed by atoms with E-state index in [0.29, 0.717) is 22.3 Å². The Kier molecular flexibility index (Phi) is 3.17. The summed E-state index contributed by atoms with van der Waals surface area (Å²) in [4.78, 5) is 4.17. The predicted molar refractivity (Wildman–Crippen MR) is 80.5 cm³/mol. The molecule has 0 saturated carbocycles. The molecule has 3 nitrogen and oxygen atoms in total. The van der Waals surface area contributed by atoms with E-state index >= 15 is 0 Å². The number of pyridine rings is 1. The van der Waals surface area contributed by atoms with Crippen LogP contribution in [0.1, 0.15) is 5.56 Å². The highest BCUT2D eigenvalue weighted by Crippen LogP contribution is 2.32. The standard InChI is InChI=1S/C16H13F2N3/c1-9-5-10(17)7-11(6-9)21-16-13(18)8-14(19)12-3-2-4-20-15(12)16/h2-8,21H,19H2,1H3. The van der Waals surface area contributed by atoms with Crippen LogP contribution < -0.4 is 11.1 Å². The molecule has 1 heterocycles. The van der Waals surface area contributed by atoms with Gasteiger partial charge in [0.2, 0.25) is 0 Å². The third kappa shape index (κ3) is 2.50. The number of aromatic nitrogens is 1. The van der Waals surface area contributed by atoms with Gasteiger partial charge in [-0.1, -0.05) is 0 Å². The first-order valence-corrected chi connectivity index (χ1v) is 6.41. The molecule has 2 aromatic carbocycles. The number of fused-ring (bicyclic) bond motifs is 1. The summed E-state index contributed by atoms with van der Waals surface area (Å²) in [5.74, 6) is -0.911. The third-order valence-electron chi connectivity index (χ3n) is 3.19. The van der Waals surface area contributed by atoms with Gasteiger partial charge in [0.15, 0.2) is 5.82 Å². The number of aryl methyl sites for hydroxylation is 1. The largest absolute Gasteiger partial charge is 0.398 e. The number of hydrogen-bond donors (Lipinski definition) is 2. The van der Waals surface area contributed by atoms with Crippen molar-refractivity contribution in [3.63, 3.8) is 0 Å². The zero-order chi connectivity index (χ0) is 15.0. The maximum Gasteiger partial charge on any atom is 0.150 e. The van der Waals surface area contributed by atoms with Gasteiger partial charge in [-0.05, 0) is 48.9 Å². The van der Waals surface area contributed by atoms with E-state index in [1.807, 2.05) is 0 Å². The lowest BCUT2D eigenvalue weighted by Crippen LogP contribution is -2.00. The number of anilines is 3. The molecule has 3 N–H and O–H groups in total. The van der Waals surface area contributed by atoms with Crippen LogP contribution in [-0.4, -0.2) is 4.98 Å². The maximum absolute atomic E-state index is 14.2. The number of nitrogens with zero attached hydrogens (tertiary/aromatic N) is 1. The zero-order valence-electron chi connectivity index (χ0n) is 11.3. The number of rotatable bonds is 2. The highest BCUT2D eigenvalue weighted by Gasteiger charge is 2.12.